The molecular weight excluding hydrogens is 298 g/mol. The van der Waals surface area contributed by atoms with E-state index in [-0.39, 0.29) is 5.92 Å². The van der Waals surface area contributed by atoms with Crippen molar-refractivity contribution in [2.75, 3.05) is 6.61 Å². The van der Waals surface area contributed by atoms with Crippen molar-refractivity contribution in [3.05, 3.63) is 65.9 Å². The van der Waals surface area contributed by atoms with Gasteiger partial charge in [-0.25, -0.2) is 0 Å². The molecule has 1 aromatic heterocycles. The first-order valence-corrected chi connectivity index (χ1v) is 8.54. The van der Waals surface area contributed by atoms with Crippen molar-refractivity contribution in [2.24, 2.45) is 5.92 Å². The Labute approximate surface area is 141 Å². The van der Waals surface area contributed by atoms with Crippen LogP contribution in [0, 0.1) is 12.8 Å². The largest absolute Gasteiger partial charge is 0.492 e. The zero-order valence-corrected chi connectivity index (χ0v) is 13.9. The van der Waals surface area contributed by atoms with E-state index in [1.807, 2.05) is 48.7 Å². The highest BCUT2D eigenvalue weighted by Crippen LogP contribution is 2.35. The highest BCUT2D eigenvalue weighted by molar-refractivity contribution is 6.09. The van der Waals surface area contributed by atoms with Crippen LogP contribution in [0.5, 0.6) is 5.75 Å². The number of benzene rings is 2. The number of aryl methyl sites for hydroxylation is 1. The Kier molecular flexibility index (Phi) is 3.85. The lowest BCUT2D eigenvalue weighted by molar-refractivity contribution is 0.0969. The summed E-state index contributed by atoms with van der Waals surface area (Å²) in [6.45, 7) is 3.37. The first-order chi connectivity index (χ1) is 11.7. The summed E-state index contributed by atoms with van der Waals surface area (Å²) < 4.78 is 7.98. The van der Waals surface area contributed by atoms with Gasteiger partial charge in [0.05, 0.1) is 6.54 Å². The fourth-order valence-corrected chi connectivity index (χ4v) is 3.09. The molecule has 4 rings (SSSR count). The number of ketones is 1. The predicted octanol–water partition coefficient (Wildman–Crippen LogP) is 4.62. The van der Waals surface area contributed by atoms with Crippen LogP contribution in [0.4, 0.5) is 0 Å². The lowest BCUT2D eigenvalue weighted by Crippen LogP contribution is -2.07. The number of rotatable bonds is 6. The van der Waals surface area contributed by atoms with Crippen LogP contribution in [0.2, 0.25) is 0 Å². The zero-order valence-electron chi connectivity index (χ0n) is 13.9. The molecule has 24 heavy (non-hydrogen) atoms. The van der Waals surface area contributed by atoms with Crippen LogP contribution < -0.4 is 4.74 Å². The average molecular weight is 319 g/mol. The third-order valence-electron chi connectivity index (χ3n) is 4.62. The quantitative estimate of drug-likeness (QED) is 0.621. The first kappa shape index (κ1) is 15.0. The number of fused-ring (bicyclic) bond motifs is 1. The van der Waals surface area contributed by atoms with Gasteiger partial charge in [-0.1, -0.05) is 35.9 Å². The Balaban J connectivity index is 1.53. The van der Waals surface area contributed by atoms with Crippen LogP contribution in [0.15, 0.2) is 54.7 Å². The number of para-hydroxylation sites is 1. The molecule has 0 unspecified atom stereocenters. The highest BCUT2D eigenvalue weighted by atomic mass is 16.5. The fourth-order valence-electron chi connectivity index (χ4n) is 3.09. The maximum Gasteiger partial charge on any atom is 0.168 e. The molecule has 0 saturated heterocycles. The maximum absolute atomic E-state index is 12.5. The van der Waals surface area contributed by atoms with Crippen molar-refractivity contribution in [1.82, 2.24) is 4.57 Å². The number of Topliss-reactive ketones (excluding diaryl/α,β-unsaturated/α-hetero) is 1. The van der Waals surface area contributed by atoms with Gasteiger partial charge in [0.25, 0.3) is 0 Å². The smallest absolute Gasteiger partial charge is 0.168 e. The Morgan fingerprint density at radius 3 is 2.62 bits per heavy atom. The van der Waals surface area contributed by atoms with Gasteiger partial charge >= 0.3 is 0 Å². The first-order valence-electron chi connectivity index (χ1n) is 8.54. The minimum absolute atomic E-state index is 0.244. The number of carbonyl (C=O) groups is 1. The molecule has 0 atom stereocenters. The minimum atomic E-state index is 0.244. The van der Waals surface area contributed by atoms with E-state index in [2.05, 4.69) is 17.6 Å². The van der Waals surface area contributed by atoms with E-state index < -0.39 is 0 Å². The molecule has 0 radical (unpaired) electrons. The van der Waals surface area contributed by atoms with E-state index in [1.54, 1.807) is 0 Å². The molecule has 1 aliphatic rings. The second-order valence-electron chi connectivity index (χ2n) is 6.55. The van der Waals surface area contributed by atoms with Gasteiger partial charge in [0.1, 0.15) is 12.4 Å². The van der Waals surface area contributed by atoms with Crippen molar-refractivity contribution < 1.29 is 9.53 Å². The number of nitrogens with zero attached hydrogens (tertiary/aromatic N) is 1. The van der Waals surface area contributed by atoms with Crippen LogP contribution >= 0.6 is 0 Å². The molecule has 0 amide bonds. The molecule has 0 N–H and O–H groups in total. The molecule has 3 aromatic rings. The number of aromatic nitrogens is 1. The Morgan fingerprint density at radius 2 is 1.88 bits per heavy atom. The summed E-state index contributed by atoms with van der Waals surface area (Å²) in [7, 11) is 0. The van der Waals surface area contributed by atoms with Crippen molar-refractivity contribution in [1.29, 1.82) is 0 Å². The molecule has 3 heteroatoms. The van der Waals surface area contributed by atoms with Gasteiger partial charge in [0.2, 0.25) is 0 Å². The van der Waals surface area contributed by atoms with Crippen LogP contribution in [-0.2, 0) is 6.54 Å². The second kappa shape index (κ2) is 6.16. The number of ether oxygens (including phenoxy) is 1. The van der Waals surface area contributed by atoms with Crippen LogP contribution in [0.3, 0.4) is 0 Å². The van der Waals surface area contributed by atoms with Gasteiger partial charge in [0, 0.05) is 28.6 Å². The summed E-state index contributed by atoms with van der Waals surface area (Å²) in [6.07, 6.45) is 4.08. The summed E-state index contributed by atoms with van der Waals surface area (Å²) >= 11 is 0. The summed E-state index contributed by atoms with van der Waals surface area (Å²) in [5, 5.41) is 1.06. The molecule has 1 aliphatic carbocycles. The Hall–Kier alpha value is -2.55. The Morgan fingerprint density at radius 1 is 1.12 bits per heavy atom. The van der Waals surface area contributed by atoms with Crippen molar-refractivity contribution in [3.8, 4) is 5.75 Å². The molecule has 2 aromatic carbocycles. The van der Waals surface area contributed by atoms with Crippen molar-refractivity contribution >= 4 is 16.7 Å². The van der Waals surface area contributed by atoms with Crippen molar-refractivity contribution in [2.45, 2.75) is 26.3 Å². The standard InChI is InChI=1S/C21H21NO2/c1-15-6-10-17(11-7-15)24-13-12-22-14-19(21(23)16-8-9-16)18-4-2-3-5-20(18)22/h2-7,10-11,14,16H,8-9,12-13H2,1H3. The van der Waals surface area contributed by atoms with E-state index in [0.717, 1.165) is 41.6 Å². The summed E-state index contributed by atoms with van der Waals surface area (Å²) in [5.74, 6) is 1.42. The number of hydrogen-bond acceptors (Lipinski definition) is 2. The van der Waals surface area contributed by atoms with E-state index in [9.17, 15) is 4.79 Å². The normalized spacial score (nSPS) is 14.0. The molecule has 1 saturated carbocycles. The van der Waals surface area contributed by atoms with Gasteiger partial charge in [-0.3, -0.25) is 4.79 Å². The third kappa shape index (κ3) is 2.94. The van der Waals surface area contributed by atoms with Crippen LogP contribution in [-0.4, -0.2) is 17.0 Å². The van der Waals surface area contributed by atoms with Gasteiger partial charge in [-0.15, -0.1) is 0 Å². The zero-order chi connectivity index (χ0) is 16.5. The molecular formula is C21H21NO2. The fraction of sp³-hybridized carbons (Fsp3) is 0.286. The lowest BCUT2D eigenvalue weighted by atomic mass is 10.1. The maximum atomic E-state index is 12.5. The number of hydrogen-bond donors (Lipinski definition) is 0. The van der Waals surface area contributed by atoms with E-state index >= 15 is 0 Å². The van der Waals surface area contributed by atoms with Crippen LogP contribution in [0.25, 0.3) is 10.9 Å². The highest BCUT2D eigenvalue weighted by Gasteiger charge is 2.32. The molecule has 1 fully saturated rings. The molecule has 0 spiro atoms. The van der Waals surface area contributed by atoms with Gasteiger partial charge in [-0.2, -0.15) is 0 Å². The number of carbonyl (C=O) groups excluding carboxylic acids is 1. The predicted molar refractivity (Wildman–Crippen MR) is 95.7 cm³/mol. The summed E-state index contributed by atoms with van der Waals surface area (Å²) in [5.41, 5.74) is 3.19. The van der Waals surface area contributed by atoms with Gasteiger partial charge < -0.3 is 9.30 Å². The van der Waals surface area contributed by atoms with Crippen molar-refractivity contribution in [3.63, 3.8) is 0 Å². The Bertz CT molecular complexity index is 872. The van der Waals surface area contributed by atoms with E-state index in [4.69, 9.17) is 4.74 Å². The second-order valence-corrected chi connectivity index (χ2v) is 6.55. The third-order valence-corrected chi connectivity index (χ3v) is 4.62. The molecule has 1 heterocycles. The molecule has 3 nitrogen and oxygen atoms in total. The SMILES string of the molecule is Cc1ccc(OCCn2cc(C(=O)C3CC3)c3ccccc32)cc1. The van der Waals surface area contributed by atoms with Crippen LogP contribution in [0.1, 0.15) is 28.8 Å². The monoisotopic (exact) mass is 319 g/mol. The van der Waals surface area contributed by atoms with Gasteiger partial charge in [0.15, 0.2) is 5.78 Å². The summed E-state index contributed by atoms with van der Waals surface area (Å²) in [6, 6.07) is 16.2. The molecule has 0 aliphatic heterocycles. The minimum Gasteiger partial charge on any atom is -0.492 e. The molecule has 0 bridgehead atoms. The molecule has 122 valence electrons. The lowest BCUT2D eigenvalue weighted by Gasteiger charge is -2.08. The van der Waals surface area contributed by atoms with E-state index in [0.29, 0.717) is 12.4 Å². The summed E-state index contributed by atoms with van der Waals surface area (Å²) in [4.78, 5) is 12.5. The van der Waals surface area contributed by atoms with Gasteiger partial charge in [-0.05, 0) is 38.0 Å². The average Bonchev–Trinajstić information content (AvgIpc) is 3.39. The van der Waals surface area contributed by atoms with E-state index in [1.165, 1.54) is 5.56 Å². The topological polar surface area (TPSA) is 31.2 Å².